The third-order valence-corrected chi connectivity index (χ3v) is 12.8. The molecule has 9 rings (SSSR count). The van der Waals surface area contributed by atoms with Gasteiger partial charge in [0.2, 0.25) is 5.91 Å². The first-order valence-corrected chi connectivity index (χ1v) is 21.7. The lowest BCUT2D eigenvalue weighted by Crippen LogP contribution is -2.49. The first kappa shape index (κ1) is 41.5. The van der Waals surface area contributed by atoms with Crippen LogP contribution in [0.5, 0.6) is 0 Å². The number of hydrogen-bond donors (Lipinski definition) is 4. The molecule has 0 radical (unpaired) electrons. The molecule has 5 amide bonds. The van der Waals surface area contributed by atoms with Crippen molar-refractivity contribution in [2.24, 2.45) is 11.7 Å². The molecule has 0 saturated carbocycles. The van der Waals surface area contributed by atoms with Gasteiger partial charge in [0.15, 0.2) is 0 Å². The molecule has 15 nitrogen and oxygen atoms in total. The summed E-state index contributed by atoms with van der Waals surface area (Å²) in [5, 5.41) is 13.3. The fourth-order valence-corrected chi connectivity index (χ4v) is 9.29. The number of amides is 5. The lowest BCUT2D eigenvalue weighted by Gasteiger charge is -2.40. The van der Waals surface area contributed by atoms with Crippen molar-refractivity contribution in [3.63, 3.8) is 0 Å². The second kappa shape index (κ2) is 17.5. The van der Waals surface area contributed by atoms with E-state index < -0.39 is 17.6 Å². The van der Waals surface area contributed by atoms with Crippen molar-refractivity contribution in [1.29, 1.82) is 0 Å². The zero-order chi connectivity index (χ0) is 43.8. The number of nitrogens with one attached hydrogen (secondary N) is 3. The number of carbonyl (C=O) groups excluding carboxylic acids is 4. The van der Waals surface area contributed by atoms with E-state index in [0.717, 1.165) is 86.9 Å². The minimum absolute atomic E-state index is 0.0822. The smallest absolute Gasteiger partial charge is 0.324 e. The summed E-state index contributed by atoms with van der Waals surface area (Å²) in [6.07, 6.45) is 3.22. The molecule has 0 atom stereocenters. The van der Waals surface area contributed by atoms with Crippen LogP contribution in [0.3, 0.4) is 0 Å². The molecular weight excluding hydrogens is 802 g/mol. The molecule has 326 valence electrons. The molecule has 0 aliphatic carbocycles. The monoisotopic (exact) mass is 853 g/mol. The molecule has 2 aromatic heterocycles. The van der Waals surface area contributed by atoms with E-state index in [4.69, 9.17) is 10.8 Å². The van der Waals surface area contributed by atoms with Gasteiger partial charge in [-0.2, -0.15) is 5.10 Å². The number of hydrogen-bond acceptors (Lipinski definition) is 10. The Labute approximate surface area is 365 Å². The Morgan fingerprint density at radius 3 is 2.37 bits per heavy atom. The lowest BCUT2D eigenvalue weighted by atomic mass is 9.95. The average Bonchev–Trinajstić information content (AvgIpc) is 3.53. The third kappa shape index (κ3) is 8.80. The fourth-order valence-electron chi connectivity index (χ4n) is 9.29. The van der Waals surface area contributed by atoms with Crippen LogP contribution in [-0.2, 0) is 24.3 Å². The molecular formula is C47H52FN11O4. The highest BCUT2D eigenvalue weighted by Crippen LogP contribution is 2.38. The summed E-state index contributed by atoms with van der Waals surface area (Å²) in [5.74, 6) is -0.704. The van der Waals surface area contributed by atoms with Gasteiger partial charge in [0, 0.05) is 106 Å². The first-order valence-electron chi connectivity index (χ1n) is 21.7. The summed E-state index contributed by atoms with van der Waals surface area (Å²) < 4.78 is 17.8. The van der Waals surface area contributed by atoms with Crippen molar-refractivity contribution in [3.05, 3.63) is 112 Å². The number of piperazine rings is 1. The number of urea groups is 1. The number of anilines is 5. The highest BCUT2D eigenvalue weighted by atomic mass is 19.1. The normalized spacial score (nSPS) is 17.1. The summed E-state index contributed by atoms with van der Waals surface area (Å²) in [4.78, 5) is 63.4. The zero-order valence-corrected chi connectivity index (χ0v) is 35.6. The van der Waals surface area contributed by atoms with Crippen LogP contribution in [0.15, 0.2) is 72.8 Å². The van der Waals surface area contributed by atoms with Crippen molar-refractivity contribution in [2.75, 3.05) is 72.8 Å². The molecule has 16 heteroatoms. The van der Waals surface area contributed by atoms with Crippen molar-refractivity contribution in [3.8, 4) is 11.3 Å². The van der Waals surface area contributed by atoms with Gasteiger partial charge in [-0.3, -0.25) is 24.6 Å². The number of aryl methyl sites for hydroxylation is 3. The van der Waals surface area contributed by atoms with Crippen molar-refractivity contribution < 1.29 is 23.6 Å². The molecule has 0 bridgehead atoms. The van der Waals surface area contributed by atoms with Gasteiger partial charge < -0.3 is 31.1 Å². The lowest BCUT2D eigenvalue weighted by molar-refractivity contribution is -0.121. The van der Waals surface area contributed by atoms with Crippen molar-refractivity contribution in [1.82, 2.24) is 29.9 Å². The van der Waals surface area contributed by atoms with Gasteiger partial charge in [0.1, 0.15) is 28.7 Å². The molecule has 6 heterocycles. The predicted octanol–water partition coefficient (Wildman–Crippen LogP) is 5.83. The van der Waals surface area contributed by atoms with Crippen LogP contribution in [0.4, 0.5) is 37.9 Å². The standard InChI is InChI=1S/C47H52FN11O4/c1-29-5-3-8-39(50-29)52-46(62)36-10-11-37(42(48)30(36)2)43-41(44(49)61)45-51-38-12-9-35(26-33(38)15-20-59(45)54-43)57-23-21-55(22-24-57)27-31-13-17-56(18-14-31)34-7-4-6-32(25-34)28-58-19-16-40(60)53-47(58)63/h3-12,25-26,31,51H,13-24,27-28H2,1-2H3,(H2,49,61)(H,50,52,62)(H,53,60,63). The summed E-state index contributed by atoms with van der Waals surface area (Å²) in [6, 6.07) is 22.7. The van der Waals surface area contributed by atoms with Gasteiger partial charge in [-0.1, -0.05) is 18.2 Å². The number of halogens is 1. The highest BCUT2D eigenvalue weighted by Gasteiger charge is 2.30. The highest BCUT2D eigenvalue weighted by molar-refractivity contribution is 6.07. The molecule has 0 spiro atoms. The van der Waals surface area contributed by atoms with Gasteiger partial charge in [-0.05, 0) is 110 Å². The molecule has 5 aromatic rings. The third-order valence-electron chi connectivity index (χ3n) is 12.8. The molecule has 5 N–H and O–H groups in total. The molecule has 3 saturated heterocycles. The number of nitrogens with two attached hydrogens (primary N) is 1. The largest absolute Gasteiger partial charge is 0.372 e. The molecule has 4 aliphatic heterocycles. The van der Waals surface area contributed by atoms with Gasteiger partial charge in [0.25, 0.3) is 11.8 Å². The van der Waals surface area contributed by atoms with Crippen LogP contribution in [-0.4, -0.2) is 101 Å². The minimum Gasteiger partial charge on any atom is -0.372 e. The Morgan fingerprint density at radius 2 is 1.60 bits per heavy atom. The van der Waals surface area contributed by atoms with E-state index in [1.54, 1.807) is 21.7 Å². The Hall–Kier alpha value is -6.81. The fraction of sp³-hybridized carbons (Fsp3) is 0.362. The molecule has 3 fully saturated rings. The summed E-state index contributed by atoms with van der Waals surface area (Å²) in [5.41, 5.74) is 12.6. The topological polar surface area (TPSA) is 174 Å². The summed E-state index contributed by atoms with van der Waals surface area (Å²) in [6.45, 7) is 11.6. The Kier molecular flexibility index (Phi) is 11.5. The van der Waals surface area contributed by atoms with E-state index in [0.29, 0.717) is 50.0 Å². The quantitative estimate of drug-likeness (QED) is 0.134. The maximum absolute atomic E-state index is 16.1. The van der Waals surface area contributed by atoms with Crippen molar-refractivity contribution in [2.45, 2.75) is 52.6 Å². The number of piperidine rings is 1. The second-order valence-corrected chi connectivity index (χ2v) is 17.0. The minimum atomic E-state index is -0.737. The average molecular weight is 854 g/mol. The number of imide groups is 1. The number of fused-ring (bicyclic) bond motifs is 2. The van der Waals surface area contributed by atoms with Crippen LogP contribution in [0.2, 0.25) is 0 Å². The van der Waals surface area contributed by atoms with E-state index in [-0.39, 0.29) is 39.9 Å². The second-order valence-electron chi connectivity index (χ2n) is 17.0. The van der Waals surface area contributed by atoms with E-state index in [2.05, 4.69) is 66.0 Å². The SMILES string of the molecule is Cc1cccc(NC(=O)c2ccc(-c3nn4c(c3C(N)=O)Nc3ccc(N5CCN(CC6CCN(c7cccc(CN8CCC(=O)NC8=O)c7)CC6)CC5)cc3CC4)c(F)c2C)n1. The zero-order valence-electron chi connectivity index (χ0n) is 35.6. The summed E-state index contributed by atoms with van der Waals surface area (Å²) >= 11 is 0. The Bertz CT molecular complexity index is 2600. The summed E-state index contributed by atoms with van der Waals surface area (Å²) in [7, 11) is 0. The van der Waals surface area contributed by atoms with Crippen molar-refractivity contribution >= 4 is 52.5 Å². The number of nitrogens with zero attached hydrogens (tertiary/aromatic N) is 7. The van der Waals surface area contributed by atoms with Gasteiger partial charge in [0.05, 0.1) is 0 Å². The van der Waals surface area contributed by atoms with E-state index >= 15 is 4.39 Å². The van der Waals surface area contributed by atoms with E-state index in [1.165, 1.54) is 24.7 Å². The molecule has 63 heavy (non-hydrogen) atoms. The number of aromatic nitrogens is 3. The van der Waals surface area contributed by atoms with E-state index in [1.807, 2.05) is 25.1 Å². The number of primary amides is 1. The maximum atomic E-state index is 16.1. The van der Waals surface area contributed by atoms with Crippen LogP contribution < -0.4 is 31.5 Å². The number of pyridine rings is 1. The van der Waals surface area contributed by atoms with Gasteiger partial charge in [-0.15, -0.1) is 0 Å². The first-order chi connectivity index (χ1) is 30.5. The molecule has 3 aromatic carbocycles. The van der Waals surface area contributed by atoms with Crippen LogP contribution in [0, 0.1) is 25.6 Å². The Morgan fingerprint density at radius 1 is 0.841 bits per heavy atom. The number of benzene rings is 3. The number of rotatable bonds is 10. The van der Waals surface area contributed by atoms with Crippen LogP contribution >= 0.6 is 0 Å². The van der Waals surface area contributed by atoms with Gasteiger partial charge >= 0.3 is 6.03 Å². The predicted molar refractivity (Wildman–Crippen MR) is 240 cm³/mol. The number of carbonyl (C=O) groups is 4. The van der Waals surface area contributed by atoms with Crippen LogP contribution in [0.1, 0.15) is 62.4 Å². The van der Waals surface area contributed by atoms with E-state index in [9.17, 15) is 19.2 Å². The molecule has 0 unspecified atom stereocenters. The molecule has 4 aliphatic rings. The van der Waals surface area contributed by atoms with Gasteiger partial charge in [-0.25, -0.2) is 18.9 Å². The van der Waals surface area contributed by atoms with Crippen LogP contribution in [0.25, 0.3) is 11.3 Å². The Balaban J connectivity index is 0.799. The maximum Gasteiger partial charge on any atom is 0.324 e.